The number of amides is 1. The first-order valence-corrected chi connectivity index (χ1v) is 22.5. The van der Waals surface area contributed by atoms with E-state index in [-0.39, 0.29) is 32.1 Å². The van der Waals surface area contributed by atoms with Gasteiger partial charge in [-0.1, -0.05) is 159 Å². The second-order valence-electron chi connectivity index (χ2n) is 14.0. The van der Waals surface area contributed by atoms with Crippen LogP contribution in [0.4, 0.5) is 0 Å². The van der Waals surface area contributed by atoms with Crippen LogP contribution in [0, 0.1) is 0 Å². The van der Waals surface area contributed by atoms with Gasteiger partial charge in [-0.3, -0.25) is 18.6 Å². The molecule has 0 aromatic carbocycles. The summed E-state index contributed by atoms with van der Waals surface area (Å²) in [5, 5.41) is 12.7. The molecule has 0 aliphatic carbocycles. The summed E-state index contributed by atoms with van der Waals surface area (Å²) in [5.41, 5.74) is 0. The molecule has 0 aliphatic heterocycles. The summed E-state index contributed by atoms with van der Waals surface area (Å²) in [5.74, 6) is -0.524. The molecule has 0 aliphatic rings. The molecule has 52 heavy (non-hydrogen) atoms. The monoisotopic (exact) mass is 756 g/mol. The summed E-state index contributed by atoms with van der Waals surface area (Å²) in [7, 11) is -4.41. The number of aliphatic hydroxyl groups excluding tert-OH is 1. The Balaban J connectivity index is 3.61. The largest absolute Gasteiger partial charge is 0.472 e. The molecule has 3 N–H and O–H groups in total. The first-order chi connectivity index (χ1) is 25.3. The van der Waals surface area contributed by atoms with Crippen molar-refractivity contribution >= 4 is 19.7 Å². The number of nitrogens with one attached hydrogen (secondary N) is 1. The van der Waals surface area contributed by atoms with Crippen molar-refractivity contribution in [2.75, 3.05) is 26.4 Å². The molecule has 1 amide bonds. The smallest absolute Gasteiger partial charge is 0.463 e. The minimum Gasteiger partial charge on any atom is -0.463 e. The van der Waals surface area contributed by atoms with Crippen molar-refractivity contribution in [1.82, 2.24) is 5.32 Å². The lowest BCUT2D eigenvalue weighted by molar-refractivity contribution is -0.147. The summed E-state index contributed by atoms with van der Waals surface area (Å²) in [6.45, 7) is 3.50. The number of phosphoric ester groups is 1. The van der Waals surface area contributed by atoms with E-state index in [0.29, 0.717) is 6.42 Å². The number of ether oxygens (including phenoxy) is 1. The summed E-state index contributed by atoms with van der Waals surface area (Å²) in [6.07, 6.45) is 42.2. The van der Waals surface area contributed by atoms with Gasteiger partial charge in [-0.25, -0.2) is 4.57 Å². The molecule has 0 fully saturated rings. The van der Waals surface area contributed by atoms with Crippen molar-refractivity contribution in [1.29, 1.82) is 0 Å². The second-order valence-corrected chi connectivity index (χ2v) is 15.4. The van der Waals surface area contributed by atoms with Gasteiger partial charge in [0.2, 0.25) is 5.91 Å². The average Bonchev–Trinajstić information content (AvgIpc) is 3.13. The maximum Gasteiger partial charge on any atom is 0.472 e. The van der Waals surface area contributed by atoms with Crippen LogP contribution < -0.4 is 5.32 Å². The third-order valence-electron chi connectivity index (χ3n) is 8.82. The average molecular weight is 756 g/mol. The molecular weight excluding hydrogens is 677 g/mol. The number of hydrogen-bond donors (Lipinski definition) is 3. The number of esters is 1. The zero-order chi connectivity index (χ0) is 38.2. The fourth-order valence-electron chi connectivity index (χ4n) is 5.62. The van der Waals surface area contributed by atoms with E-state index in [4.69, 9.17) is 13.8 Å². The molecule has 0 spiro atoms. The number of unbranched alkanes of at least 4 members (excludes halogenated alkanes) is 20. The van der Waals surface area contributed by atoms with Crippen LogP contribution in [-0.2, 0) is 27.9 Å². The van der Waals surface area contributed by atoms with Crippen LogP contribution in [0.25, 0.3) is 0 Å². The first kappa shape index (κ1) is 50.2. The molecule has 0 aromatic heterocycles. The number of aliphatic hydroxyl groups is 1. The van der Waals surface area contributed by atoms with Gasteiger partial charge in [0.05, 0.1) is 13.2 Å². The fraction of sp³-hybridized carbons (Fsp3) is 0.810. The van der Waals surface area contributed by atoms with Crippen molar-refractivity contribution in [3.63, 3.8) is 0 Å². The normalized spacial score (nSPS) is 13.7. The molecule has 0 saturated carbocycles. The minimum atomic E-state index is -4.41. The van der Waals surface area contributed by atoms with Gasteiger partial charge < -0.3 is 20.1 Å². The Bertz CT molecular complexity index is 954. The number of hydrogen-bond acceptors (Lipinski definition) is 7. The predicted octanol–water partition coefficient (Wildman–Crippen LogP) is 11.4. The number of allylic oxidation sites excluding steroid dienone is 6. The topological polar surface area (TPSA) is 131 Å². The van der Waals surface area contributed by atoms with E-state index in [1.54, 1.807) is 0 Å². The number of phosphoric acid groups is 1. The van der Waals surface area contributed by atoms with Crippen molar-refractivity contribution < 1.29 is 37.9 Å². The Morgan fingerprint density at radius 3 is 1.60 bits per heavy atom. The zero-order valence-electron chi connectivity index (χ0n) is 33.3. The Kier molecular flexibility index (Phi) is 37.6. The van der Waals surface area contributed by atoms with Gasteiger partial charge in [0.15, 0.2) is 0 Å². The van der Waals surface area contributed by atoms with E-state index < -0.39 is 26.5 Å². The minimum absolute atomic E-state index is 0.0823. The molecule has 0 aromatic rings. The van der Waals surface area contributed by atoms with Crippen molar-refractivity contribution in [2.24, 2.45) is 0 Å². The van der Waals surface area contributed by atoms with E-state index in [9.17, 15) is 24.2 Å². The highest BCUT2D eigenvalue weighted by Crippen LogP contribution is 2.42. The molecule has 0 heterocycles. The standard InChI is InChI=1S/C42H78NO8P/c1-3-5-7-9-11-13-15-16-17-18-19-20-21-22-23-24-25-27-29-31-33-35-42(46)49-38-40(44)39-51-52(47,48)50-37-36-43-41(45)34-32-30-28-26-14-12-10-8-6-4-2/h11,13,16-17,19-20,40,44H,3-10,12,14-15,18,21-39H2,1-2H3,(H,43,45)(H,47,48)/b13-11-,17-16-,20-19-. The van der Waals surface area contributed by atoms with Gasteiger partial charge in [-0.15, -0.1) is 0 Å². The molecule has 304 valence electrons. The molecule has 9 nitrogen and oxygen atoms in total. The Morgan fingerprint density at radius 1 is 0.596 bits per heavy atom. The SMILES string of the molecule is CCCCC/C=C\C/C=C\C/C=C\CCCCCCCCCCC(=O)OCC(O)COP(=O)(O)OCCNC(=O)CCCCCCCCCCCC. The lowest BCUT2D eigenvalue weighted by Crippen LogP contribution is -2.27. The molecule has 0 radical (unpaired) electrons. The molecule has 2 atom stereocenters. The molecule has 10 heteroatoms. The van der Waals surface area contributed by atoms with Crippen molar-refractivity contribution in [2.45, 2.75) is 193 Å². The molecule has 2 unspecified atom stereocenters. The van der Waals surface area contributed by atoms with Crippen LogP contribution >= 0.6 is 7.82 Å². The summed E-state index contributed by atoms with van der Waals surface area (Å²) >= 11 is 0. The van der Waals surface area contributed by atoms with Crippen LogP contribution in [0.1, 0.15) is 187 Å². The summed E-state index contributed by atoms with van der Waals surface area (Å²) < 4.78 is 26.8. The lowest BCUT2D eigenvalue weighted by Gasteiger charge is -2.15. The predicted molar refractivity (Wildman–Crippen MR) is 215 cm³/mol. The lowest BCUT2D eigenvalue weighted by atomic mass is 10.1. The van der Waals surface area contributed by atoms with Gasteiger partial charge in [0, 0.05) is 19.4 Å². The third kappa shape index (κ3) is 39.4. The highest BCUT2D eigenvalue weighted by Gasteiger charge is 2.23. The molecular formula is C42H78NO8P. The van der Waals surface area contributed by atoms with Crippen molar-refractivity contribution in [3.8, 4) is 0 Å². The Labute approximate surface area is 318 Å². The maximum atomic E-state index is 12.1. The Morgan fingerprint density at radius 2 is 1.04 bits per heavy atom. The molecule has 0 saturated heterocycles. The highest BCUT2D eigenvalue weighted by molar-refractivity contribution is 7.47. The molecule has 0 rings (SSSR count). The van der Waals surface area contributed by atoms with E-state index in [1.165, 1.54) is 96.3 Å². The maximum absolute atomic E-state index is 12.1. The van der Waals surface area contributed by atoms with Gasteiger partial charge in [0.1, 0.15) is 12.7 Å². The van der Waals surface area contributed by atoms with Crippen molar-refractivity contribution in [3.05, 3.63) is 36.5 Å². The van der Waals surface area contributed by atoms with E-state index >= 15 is 0 Å². The Hall–Kier alpha value is -1.77. The van der Waals surface area contributed by atoms with Gasteiger partial charge >= 0.3 is 13.8 Å². The van der Waals surface area contributed by atoms with Crippen LogP contribution in [0.5, 0.6) is 0 Å². The molecule has 0 bridgehead atoms. The van der Waals surface area contributed by atoms with Gasteiger partial charge in [0.25, 0.3) is 0 Å². The van der Waals surface area contributed by atoms with E-state index in [0.717, 1.165) is 64.2 Å². The first-order valence-electron chi connectivity index (χ1n) is 21.0. The van der Waals surface area contributed by atoms with Gasteiger partial charge in [-0.2, -0.15) is 0 Å². The quantitative estimate of drug-likeness (QED) is 0.0244. The number of rotatable bonds is 39. The van der Waals surface area contributed by atoms with Crippen LogP contribution in [0.3, 0.4) is 0 Å². The summed E-state index contributed by atoms with van der Waals surface area (Å²) in [4.78, 5) is 33.8. The van der Waals surface area contributed by atoms with E-state index in [2.05, 4.69) is 55.6 Å². The second kappa shape index (κ2) is 38.9. The third-order valence-corrected chi connectivity index (χ3v) is 9.81. The van der Waals surface area contributed by atoms with Gasteiger partial charge in [-0.05, 0) is 51.4 Å². The van der Waals surface area contributed by atoms with Crippen LogP contribution in [-0.4, -0.2) is 54.3 Å². The zero-order valence-corrected chi connectivity index (χ0v) is 34.1. The van der Waals surface area contributed by atoms with Crippen LogP contribution in [0.2, 0.25) is 0 Å². The number of carbonyl (C=O) groups is 2. The van der Waals surface area contributed by atoms with Crippen LogP contribution in [0.15, 0.2) is 36.5 Å². The number of carbonyl (C=O) groups excluding carboxylic acids is 2. The van der Waals surface area contributed by atoms with E-state index in [1.807, 2.05) is 0 Å². The summed E-state index contributed by atoms with van der Waals surface area (Å²) in [6, 6.07) is 0. The highest BCUT2D eigenvalue weighted by atomic mass is 31.2. The fourth-order valence-corrected chi connectivity index (χ4v) is 6.38.